The molecule has 1 aromatic rings. The van der Waals surface area contributed by atoms with Gasteiger partial charge in [0.05, 0.1) is 0 Å². The van der Waals surface area contributed by atoms with Gasteiger partial charge in [-0.1, -0.05) is 43.5 Å². The van der Waals surface area contributed by atoms with E-state index in [0.29, 0.717) is 5.56 Å². The van der Waals surface area contributed by atoms with Gasteiger partial charge >= 0.3 is 17.9 Å². The van der Waals surface area contributed by atoms with Crippen LogP contribution in [0.2, 0.25) is 0 Å². The molecule has 1 aromatic carbocycles. The van der Waals surface area contributed by atoms with Gasteiger partial charge in [-0.05, 0) is 6.92 Å². The summed E-state index contributed by atoms with van der Waals surface area (Å²) in [6.45, 7) is 8.15. The fraction of sp³-hybridized carbons (Fsp3) is 0.200. The summed E-state index contributed by atoms with van der Waals surface area (Å²) in [6.07, 6.45) is 0.866. The van der Waals surface area contributed by atoms with Crippen LogP contribution in [-0.2, 0) is 24.3 Å². The molecule has 0 fully saturated rings. The predicted molar refractivity (Wildman–Crippen MR) is 93.5 cm³/mol. The molecule has 0 saturated heterocycles. The van der Waals surface area contributed by atoms with Crippen LogP contribution in [0, 0.1) is 0 Å². The number of hydrogen-bond acceptors (Lipinski definition) is 4. The van der Waals surface area contributed by atoms with Crippen LogP contribution in [-0.4, -0.2) is 24.0 Å². The molecule has 2 atom stereocenters. The minimum absolute atomic E-state index is 0.409. The van der Waals surface area contributed by atoms with Crippen molar-refractivity contribution in [3.05, 3.63) is 61.2 Å². The van der Waals surface area contributed by atoms with Crippen molar-refractivity contribution in [1.82, 2.24) is 0 Å². The van der Waals surface area contributed by atoms with E-state index in [-0.39, 0.29) is 0 Å². The fourth-order valence-corrected chi connectivity index (χ4v) is 5.96. The van der Waals surface area contributed by atoms with Crippen LogP contribution in [0.25, 0.3) is 0 Å². The molecule has 0 radical (unpaired) electrons. The fourth-order valence-electron chi connectivity index (χ4n) is 2.02. The zero-order chi connectivity index (χ0) is 17.7. The zero-order valence-corrected chi connectivity index (χ0v) is 15.6. The average Bonchev–Trinajstić information content (AvgIpc) is 2.51. The molecule has 23 heavy (non-hydrogen) atoms. The molecule has 124 valence electrons. The first-order valence-corrected chi connectivity index (χ1v) is 11.5. The van der Waals surface area contributed by atoms with E-state index in [4.69, 9.17) is 42.7 Å². The van der Waals surface area contributed by atoms with Gasteiger partial charge in [0.2, 0.25) is 5.22 Å². The normalized spacial score (nSPS) is 15.0. The number of halogens is 3. The number of carbonyl (C=O) groups excluding carboxylic acids is 2. The van der Waals surface area contributed by atoms with Crippen LogP contribution < -0.4 is 0 Å². The Balaban J connectivity index is 3.52. The molecule has 0 aliphatic carbocycles. The van der Waals surface area contributed by atoms with Crippen molar-refractivity contribution in [3.8, 4) is 0 Å². The van der Waals surface area contributed by atoms with E-state index < -0.39 is 29.3 Å². The van der Waals surface area contributed by atoms with Gasteiger partial charge in [0.1, 0.15) is 6.10 Å². The van der Waals surface area contributed by atoms with Crippen LogP contribution in [0.3, 0.4) is 0 Å². The first kappa shape index (κ1) is 19.8. The number of esters is 2. The Labute approximate surface area is 149 Å². The Morgan fingerprint density at radius 3 is 2.09 bits per heavy atom. The molecular weight excluding hydrogens is 379 g/mol. The topological polar surface area (TPSA) is 52.6 Å². The summed E-state index contributed by atoms with van der Waals surface area (Å²) in [5.74, 6) is -1.52. The predicted octanol–water partition coefficient (Wildman–Crippen LogP) is 3.92. The molecular formula is C15H15Cl3O4Si. The molecule has 2 unspecified atom stereocenters. The lowest BCUT2D eigenvalue weighted by Gasteiger charge is -2.41. The molecule has 0 aliphatic heterocycles. The third kappa shape index (κ3) is 4.38. The van der Waals surface area contributed by atoms with Crippen molar-refractivity contribution in [2.75, 3.05) is 0 Å². The van der Waals surface area contributed by atoms with E-state index in [0.717, 1.165) is 12.2 Å². The first-order chi connectivity index (χ1) is 10.7. The second-order valence-electron chi connectivity index (χ2n) is 4.51. The highest BCUT2D eigenvalue weighted by molar-refractivity contribution is 7.65. The maximum Gasteiger partial charge on any atom is 0.393 e. The Bertz CT molecular complexity index is 600. The monoisotopic (exact) mass is 392 g/mol. The molecule has 4 nitrogen and oxygen atoms in total. The standard InChI is InChI=1S/C15H15Cl3O4Si/c1-4-13(19)21-11(3)15(23(16,17)18,22-14(20)5-2)12-9-7-6-8-10-12/h4-11H,1-2H2,3H3. The third-order valence-electron chi connectivity index (χ3n) is 3.08. The van der Waals surface area contributed by atoms with Gasteiger partial charge in [-0.3, -0.25) is 0 Å². The van der Waals surface area contributed by atoms with Gasteiger partial charge < -0.3 is 9.47 Å². The molecule has 0 N–H and O–H groups in total. The number of carbonyl (C=O) groups is 2. The lowest BCUT2D eigenvalue weighted by atomic mass is 10.0. The van der Waals surface area contributed by atoms with Crippen LogP contribution in [0.4, 0.5) is 0 Å². The number of hydrogen-bond donors (Lipinski definition) is 0. The molecule has 8 heteroatoms. The van der Waals surface area contributed by atoms with E-state index in [2.05, 4.69) is 13.2 Å². The first-order valence-electron chi connectivity index (χ1n) is 6.49. The van der Waals surface area contributed by atoms with Gasteiger partial charge in [0.15, 0.2) is 0 Å². The third-order valence-corrected chi connectivity index (χ3v) is 7.25. The summed E-state index contributed by atoms with van der Waals surface area (Å²) < 4.78 is 10.6. The van der Waals surface area contributed by atoms with Crippen molar-refractivity contribution in [3.63, 3.8) is 0 Å². The highest BCUT2D eigenvalue weighted by Gasteiger charge is 2.61. The maximum atomic E-state index is 11.9. The minimum atomic E-state index is -3.79. The zero-order valence-electron chi connectivity index (χ0n) is 12.3. The summed E-state index contributed by atoms with van der Waals surface area (Å²) in [6, 6.07) is 4.61. The molecule has 0 saturated carbocycles. The molecule has 1 rings (SSSR count). The summed E-state index contributed by atoms with van der Waals surface area (Å²) in [5.41, 5.74) is 0.409. The average molecular weight is 394 g/mol. The summed E-state index contributed by atoms with van der Waals surface area (Å²) in [5, 5.41) is -1.73. The molecule has 0 aromatic heterocycles. The van der Waals surface area contributed by atoms with Gasteiger partial charge in [0, 0.05) is 17.7 Å². The minimum Gasteiger partial charge on any atom is -0.455 e. The molecule has 0 aliphatic rings. The van der Waals surface area contributed by atoms with E-state index >= 15 is 0 Å². The van der Waals surface area contributed by atoms with Crippen molar-refractivity contribution in [2.24, 2.45) is 0 Å². The molecule has 0 amide bonds. The van der Waals surface area contributed by atoms with Crippen molar-refractivity contribution >= 4 is 51.2 Å². The van der Waals surface area contributed by atoms with Gasteiger partial charge in [-0.25, -0.2) is 9.59 Å². The number of ether oxygens (including phenoxy) is 2. The Hall–Kier alpha value is -1.27. The van der Waals surface area contributed by atoms with Gasteiger partial charge in [0.25, 0.3) is 0 Å². The van der Waals surface area contributed by atoms with E-state index in [1.54, 1.807) is 30.3 Å². The lowest BCUT2D eigenvalue weighted by molar-refractivity contribution is -0.167. The van der Waals surface area contributed by atoms with Crippen LogP contribution in [0.1, 0.15) is 12.5 Å². The SMILES string of the molecule is C=CC(=O)OC(C)C(OC(=O)C=C)(c1ccccc1)[Si](Cl)(Cl)Cl. The van der Waals surface area contributed by atoms with E-state index in [9.17, 15) is 9.59 Å². The highest BCUT2D eigenvalue weighted by atomic mass is 35.8. The lowest BCUT2D eigenvalue weighted by Crippen LogP contribution is -2.56. The highest BCUT2D eigenvalue weighted by Crippen LogP contribution is 2.47. The smallest absolute Gasteiger partial charge is 0.393 e. The van der Waals surface area contributed by atoms with E-state index in [1.165, 1.54) is 6.92 Å². The Morgan fingerprint density at radius 1 is 1.13 bits per heavy atom. The summed E-state index contributed by atoms with van der Waals surface area (Å²) in [4.78, 5) is 23.4. The van der Waals surface area contributed by atoms with Crippen LogP contribution in [0.15, 0.2) is 55.6 Å². The Kier molecular flexibility index (Phi) is 6.89. The second-order valence-corrected chi connectivity index (χ2v) is 13.1. The van der Waals surface area contributed by atoms with E-state index in [1.807, 2.05) is 0 Å². The van der Waals surface area contributed by atoms with Gasteiger partial charge in [-0.2, -0.15) is 0 Å². The summed E-state index contributed by atoms with van der Waals surface area (Å²) >= 11 is 18.8. The Morgan fingerprint density at radius 2 is 1.65 bits per heavy atom. The van der Waals surface area contributed by atoms with Crippen LogP contribution >= 0.6 is 33.2 Å². The molecule has 0 bridgehead atoms. The van der Waals surface area contributed by atoms with Crippen molar-refractivity contribution < 1.29 is 19.1 Å². The van der Waals surface area contributed by atoms with Crippen LogP contribution in [0.5, 0.6) is 0 Å². The van der Waals surface area contributed by atoms with Crippen molar-refractivity contribution in [1.29, 1.82) is 0 Å². The number of benzene rings is 1. The second kappa shape index (κ2) is 8.01. The quantitative estimate of drug-likeness (QED) is 0.305. The molecule has 0 spiro atoms. The maximum absolute atomic E-state index is 11.9. The summed E-state index contributed by atoms with van der Waals surface area (Å²) in [7, 11) is 0. The molecule has 0 heterocycles. The van der Waals surface area contributed by atoms with Crippen molar-refractivity contribution in [2.45, 2.75) is 18.3 Å². The largest absolute Gasteiger partial charge is 0.455 e. The van der Waals surface area contributed by atoms with Gasteiger partial charge in [-0.15, -0.1) is 33.2 Å². The number of rotatable bonds is 7.